The van der Waals surface area contributed by atoms with E-state index < -0.39 is 45.2 Å². The third-order valence-electron chi connectivity index (χ3n) is 3.16. The zero-order valence-electron chi connectivity index (χ0n) is 13.9. The van der Waals surface area contributed by atoms with E-state index in [1.54, 1.807) is 6.92 Å². The predicted molar refractivity (Wildman–Crippen MR) is 98.8 cm³/mol. The minimum Gasteiger partial charge on any atom is -0.354 e. The Morgan fingerprint density at radius 3 is 2.16 bits per heavy atom. The Kier molecular flexibility index (Phi) is 9.69. The van der Waals surface area contributed by atoms with E-state index in [0.29, 0.717) is 0 Å². The van der Waals surface area contributed by atoms with E-state index in [9.17, 15) is 26.0 Å². The standard InChI is InChI=1S/C14H19F4N3O2S.HI/c1-8(4-5-24(3,22)23)21-14(19-2)20-7-9-12(17)10(15)6-11(16)13(9)18;/h6,8H,4-5,7H2,1-3H3,(H2,19,20,21);1H. The molecule has 0 saturated heterocycles. The fourth-order valence-corrected chi connectivity index (χ4v) is 2.62. The Hall–Kier alpha value is -1.11. The molecule has 144 valence electrons. The quantitative estimate of drug-likeness (QED) is 0.208. The molecule has 0 aliphatic heterocycles. The molecule has 0 aromatic heterocycles. The molecule has 0 heterocycles. The van der Waals surface area contributed by atoms with Crippen molar-refractivity contribution in [2.75, 3.05) is 19.1 Å². The van der Waals surface area contributed by atoms with Crippen LogP contribution in [0.15, 0.2) is 11.1 Å². The van der Waals surface area contributed by atoms with Gasteiger partial charge in [0.2, 0.25) is 0 Å². The smallest absolute Gasteiger partial charge is 0.191 e. The van der Waals surface area contributed by atoms with Crippen molar-refractivity contribution in [1.29, 1.82) is 0 Å². The molecular weight excluding hydrogens is 477 g/mol. The number of rotatable bonds is 6. The second-order valence-corrected chi connectivity index (χ2v) is 7.60. The lowest BCUT2D eigenvalue weighted by molar-refractivity contribution is 0.436. The Morgan fingerprint density at radius 2 is 1.72 bits per heavy atom. The van der Waals surface area contributed by atoms with Crippen LogP contribution in [0.3, 0.4) is 0 Å². The van der Waals surface area contributed by atoms with Gasteiger partial charge in [-0.2, -0.15) is 0 Å². The summed E-state index contributed by atoms with van der Waals surface area (Å²) < 4.78 is 75.6. The molecule has 1 rings (SSSR count). The van der Waals surface area contributed by atoms with Gasteiger partial charge < -0.3 is 10.6 Å². The summed E-state index contributed by atoms with van der Waals surface area (Å²) in [5.41, 5.74) is -0.792. The number of nitrogens with one attached hydrogen (secondary N) is 2. The van der Waals surface area contributed by atoms with E-state index in [0.717, 1.165) is 6.26 Å². The van der Waals surface area contributed by atoms with Gasteiger partial charge in [0.25, 0.3) is 0 Å². The zero-order valence-corrected chi connectivity index (χ0v) is 17.0. The van der Waals surface area contributed by atoms with Crippen LogP contribution in [-0.4, -0.2) is 39.5 Å². The summed E-state index contributed by atoms with van der Waals surface area (Å²) in [6.45, 7) is 1.16. The Balaban J connectivity index is 0.00000576. The van der Waals surface area contributed by atoms with Crippen molar-refractivity contribution in [2.45, 2.75) is 25.9 Å². The maximum Gasteiger partial charge on any atom is 0.191 e. The van der Waals surface area contributed by atoms with Gasteiger partial charge in [0, 0.05) is 37.5 Å². The summed E-state index contributed by atoms with van der Waals surface area (Å²) in [6.07, 6.45) is 1.40. The second-order valence-electron chi connectivity index (χ2n) is 5.34. The number of nitrogens with zero attached hydrogens (tertiary/aromatic N) is 1. The van der Waals surface area contributed by atoms with Crippen molar-refractivity contribution >= 4 is 39.8 Å². The molecule has 5 nitrogen and oxygen atoms in total. The minimum absolute atomic E-state index is 0. The van der Waals surface area contributed by atoms with E-state index in [2.05, 4.69) is 15.6 Å². The highest BCUT2D eigenvalue weighted by Gasteiger charge is 2.19. The normalized spacial score (nSPS) is 13.2. The Bertz CT molecular complexity index is 703. The monoisotopic (exact) mass is 497 g/mol. The highest BCUT2D eigenvalue weighted by Crippen LogP contribution is 2.18. The van der Waals surface area contributed by atoms with Crippen molar-refractivity contribution in [3.63, 3.8) is 0 Å². The molecule has 11 heteroatoms. The zero-order chi connectivity index (χ0) is 18.5. The first kappa shape index (κ1) is 23.9. The number of benzene rings is 1. The van der Waals surface area contributed by atoms with Gasteiger partial charge in [-0.05, 0) is 13.3 Å². The van der Waals surface area contributed by atoms with E-state index in [1.165, 1.54) is 7.05 Å². The first-order valence-corrected chi connectivity index (χ1v) is 9.08. The summed E-state index contributed by atoms with van der Waals surface area (Å²) in [5.74, 6) is -5.88. The number of hydrogen-bond acceptors (Lipinski definition) is 3. The first-order chi connectivity index (χ1) is 11.0. The van der Waals surface area contributed by atoms with Crippen LogP contribution >= 0.6 is 24.0 Å². The lowest BCUT2D eigenvalue weighted by Crippen LogP contribution is -2.42. The molecule has 0 aliphatic carbocycles. The van der Waals surface area contributed by atoms with Gasteiger partial charge in [-0.1, -0.05) is 0 Å². The summed E-state index contributed by atoms with van der Waals surface area (Å²) in [6, 6.07) is -0.168. The molecule has 0 spiro atoms. The van der Waals surface area contributed by atoms with Gasteiger partial charge >= 0.3 is 0 Å². The van der Waals surface area contributed by atoms with Crippen molar-refractivity contribution < 1.29 is 26.0 Å². The topological polar surface area (TPSA) is 70.6 Å². The maximum absolute atomic E-state index is 13.6. The molecule has 0 saturated carbocycles. The van der Waals surface area contributed by atoms with E-state index in [1.807, 2.05) is 0 Å². The van der Waals surface area contributed by atoms with Crippen LogP contribution < -0.4 is 10.6 Å². The third kappa shape index (κ3) is 7.75. The van der Waals surface area contributed by atoms with Crippen LogP contribution in [0.25, 0.3) is 0 Å². The second kappa shape index (κ2) is 10.1. The van der Waals surface area contributed by atoms with Crippen molar-refractivity contribution in [2.24, 2.45) is 4.99 Å². The molecule has 1 aromatic rings. The van der Waals surface area contributed by atoms with Gasteiger partial charge in [0.15, 0.2) is 29.2 Å². The molecule has 0 aliphatic rings. The average Bonchev–Trinajstić information content (AvgIpc) is 2.49. The predicted octanol–water partition coefficient (Wildman–Crippen LogP) is 2.35. The van der Waals surface area contributed by atoms with Crippen LogP contribution in [0.2, 0.25) is 0 Å². The van der Waals surface area contributed by atoms with E-state index in [-0.39, 0.29) is 54.2 Å². The van der Waals surface area contributed by atoms with Crippen LogP contribution in [0.1, 0.15) is 18.9 Å². The Morgan fingerprint density at radius 1 is 1.20 bits per heavy atom. The van der Waals surface area contributed by atoms with Gasteiger partial charge in [-0.3, -0.25) is 4.99 Å². The van der Waals surface area contributed by atoms with Gasteiger partial charge in [-0.15, -0.1) is 24.0 Å². The number of hydrogen-bond donors (Lipinski definition) is 2. The lowest BCUT2D eigenvalue weighted by Gasteiger charge is -2.18. The van der Waals surface area contributed by atoms with Crippen LogP contribution in [0.5, 0.6) is 0 Å². The van der Waals surface area contributed by atoms with Crippen molar-refractivity contribution in [3.05, 3.63) is 34.9 Å². The largest absolute Gasteiger partial charge is 0.354 e. The number of guanidine groups is 1. The highest BCUT2D eigenvalue weighted by atomic mass is 127. The van der Waals surface area contributed by atoms with Crippen LogP contribution in [0, 0.1) is 23.3 Å². The lowest BCUT2D eigenvalue weighted by atomic mass is 10.2. The number of aliphatic imine (C=N–C) groups is 1. The van der Waals surface area contributed by atoms with Gasteiger partial charge in [0.05, 0.1) is 5.75 Å². The van der Waals surface area contributed by atoms with E-state index >= 15 is 0 Å². The first-order valence-electron chi connectivity index (χ1n) is 7.02. The highest BCUT2D eigenvalue weighted by molar-refractivity contribution is 14.0. The maximum atomic E-state index is 13.6. The van der Waals surface area contributed by atoms with Gasteiger partial charge in [0.1, 0.15) is 9.84 Å². The molecule has 1 unspecified atom stereocenters. The van der Waals surface area contributed by atoms with Crippen LogP contribution in [0.4, 0.5) is 17.6 Å². The number of halogens is 5. The molecule has 2 N–H and O–H groups in total. The fourth-order valence-electron chi connectivity index (χ4n) is 1.84. The summed E-state index contributed by atoms with van der Waals surface area (Å²) >= 11 is 0. The number of sulfone groups is 1. The molecule has 0 amide bonds. The molecule has 25 heavy (non-hydrogen) atoms. The molecule has 0 bridgehead atoms. The van der Waals surface area contributed by atoms with Crippen molar-refractivity contribution in [1.82, 2.24) is 10.6 Å². The molecule has 1 aromatic carbocycles. The third-order valence-corrected chi connectivity index (χ3v) is 4.14. The van der Waals surface area contributed by atoms with Gasteiger partial charge in [-0.25, -0.2) is 26.0 Å². The summed E-state index contributed by atoms with van der Waals surface area (Å²) in [4.78, 5) is 3.80. The minimum atomic E-state index is -3.12. The Labute approximate surface area is 161 Å². The average molecular weight is 497 g/mol. The molecule has 0 radical (unpaired) electrons. The van der Waals surface area contributed by atoms with Crippen LogP contribution in [-0.2, 0) is 16.4 Å². The summed E-state index contributed by atoms with van der Waals surface area (Å²) in [7, 11) is -1.73. The molecular formula is C14H20F4IN3O2S. The molecule has 1 atom stereocenters. The van der Waals surface area contributed by atoms with Crippen molar-refractivity contribution in [3.8, 4) is 0 Å². The fraction of sp³-hybridized carbons (Fsp3) is 0.500. The SMILES string of the molecule is CN=C(NCc1c(F)c(F)cc(F)c1F)NC(C)CCS(C)(=O)=O.I. The molecule has 0 fully saturated rings. The van der Waals surface area contributed by atoms with E-state index in [4.69, 9.17) is 0 Å². The summed E-state index contributed by atoms with van der Waals surface area (Å²) in [5, 5.41) is 5.35.